The quantitative estimate of drug-likeness (QED) is 0.0734. The topological polar surface area (TPSA) is 138 Å². The van der Waals surface area contributed by atoms with Crippen LogP contribution in [-0.2, 0) is 50.8 Å². The lowest BCUT2D eigenvalue weighted by molar-refractivity contribution is -0.223. The number of aryl methyl sites for hydroxylation is 1. The van der Waals surface area contributed by atoms with Crippen LogP contribution in [0.5, 0.6) is 5.75 Å². The molecule has 1 atom stereocenters. The summed E-state index contributed by atoms with van der Waals surface area (Å²) in [4.78, 5) is 4.18. The van der Waals surface area contributed by atoms with Crippen molar-refractivity contribution in [1.82, 2.24) is 10.1 Å². The molecule has 1 aromatic heterocycles. The van der Waals surface area contributed by atoms with E-state index in [4.69, 9.17) is 37.1 Å². The number of halogens is 3. The van der Waals surface area contributed by atoms with Crippen molar-refractivity contribution in [1.29, 1.82) is 0 Å². The van der Waals surface area contributed by atoms with E-state index in [-0.39, 0.29) is 49.0 Å². The van der Waals surface area contributed by atoms with Crippen LogP contribution in [0.25, 0.3) is 22.8 Å². The first-order valence-electron chi connectivity index (χ1n) is 14.0. The fourth-order valence-electron chi connectivity index (χ4n) is 3.99. The maximum Gasteiger partial charge on any atom is 0.419 e. The number of aromatic nitrogens is 2. The van der Waals surface area contributed by atoms with E-state index < -0.39 is 47.1 Å². The summed E-state index contributed by atoms with van der Waals surface area (Å²) in [5.41, 5.74) is 1.09. The van der Waals surface area contributed by atoms with Crippen LogP contribution in [0.3, 0.4) is 0 Å². The number of methoxy groups -OCH3 is 2. The normalized spacial score (nSPS) is 12.7. The minimum Gasteiger partial charge on any atom is -0.490 e. The summed E-state index contributed by atoms with van der Waals surface area (Å²) < 4.78 is 108. The Morgan fingerprint density at radius 2 is 1.57 bits per heavy atom. The molecule has 0 N–H and O–H groups in total. The summed E-state index contributed by atoms with van der Waals surface area (Å²) in [6.45, 7) is 1.23. The number of hydrogen-bond donors (Lipinski definition) is 0. The van der Waals surface area contributed by atoms with E-state index in [1.165, 1.54) is 32.4 Å². The number of rotatable bonds is 18. The van der Waals surface area contributed by atoms with Crippen molar-refractivity contribution >= 4 is 10.1 Å². The minimum atomic E-state index is -4.80. The van der Waals surface area contributed by atoms with Crippen molar-refractivity contribution in [3.05, 3.63) is 83.4 Å². The predicted octanol–water partition coefficient (Wildman–Crippen LogP) is 5.60. The van der Waals surface area contributed by atoms with Gasteiger partial charge in [-0.15, -0.1) is 0 Å². The van der Waals surface area contributed by atoms with Crippen LogP contribution in [-0.4, -0.2) is 72.5 Å². The van der Waals surface area contributed by atoms with Crippen molar-refractivity contribution in [3.63, 3.8) is 0 Å². The third kappa shape index (κ3) is 10.6. The van der Waals surface area contributed by atoms with Gasteiger partial charge in [0.05, 0.1) is 17.1 Å². The van der Waals surface area contributed by atoms with Crippen molar-refractivity contribution in [2.45, 2.75) is 30.9 Å². The van der Waals surface area contributed by atoms with Gasteiger partial charge in [0.2, 0.25) is 5.82 Å². The van der Waals surface area contributed by atoms with Gasteiger partial charge in [0.25, 0.3) is 16.0 Å². The molecule has 0 radical (unpaired) electrons. The Morgan fingerprint density at radius 3 is 2.26 bits per heavy atom. The molecule has 0 aliphatic carbocycles. The fourth-order valence-corrected chi connectivity index (χ4v) is 4.88. The van der Waals surface area contributed by atoms with Crippen LogP contribution >= 0.6 is 0 Å². The van der Waals surface area contributed by atoms with Gasteiger partial charge in [-0.1, -0.05) is 47.1 Å². The van der Waals surface area contributed by atoms with Crippen molar-refractivity contribution < 1.29 is 58.7 Å². The second kappa shape index (κ2) is 16.8. The van der Waals surface area contributed by atoms with E-state index in [2.05, 4.69) is 10.1 Å². The smallest absolute Gasteiger partial charge is 0.419 e. The summed E-state index contributed by atoms with van der Waals surface area (Å²) >= 11 is 0. The highest BCUT2D eigenvalue weighted by Crippen LogP contribution is 2.39. The van der Waals surface area contributed by atoms with Crippen LogP contribution in [0.15, 0.2) is 76.1 Å². The Hall–Kier alpha value is -3.90. The Bertz CT molecular complexity index is 1660. The molecule has 3 aromatic carbocycles. The van der Waals surface area contributed by atoms with Crippen LogP contribution in [0.4, 0.5) is 13.2 Å². The third-order valence-electron chi connectivity index (χ3n) is 6.32. The lowest BCUT2D eigenvalue weighted by Crippen LogP contribution is -2.25. The first-order chi connectivity index (χ1) is 22.5. The van der Waals surface area contributed by atoms with Crippen LogP contribution in [0.2, 0.25) is 0 Å². The van der Waals surface area contributed by atoms with Crippen molar-refractivity contribution in [2.75, 3.05) is 47.6 Å². The van der Waals surface area contributed by atoms with E-state index in [0.717, 1.165) is 23.3 Å². The highest BCUT2D eigenvalue weighted by molar-refractivity contribution is 7.86. The van der Waals surface area contributed by atoms with Crippen molar-refractivity contribution in [2.24, 2.45) is 0 Å². The Balaban J connectivity index is 1.38. The zero-order valence-electron chi connectivity index (χ0n) is 25.7. The maximum atomic E-state index is 13.9. The largest absolute Gasteiger partial charge is 0.490 e. The first-order valence-corrected chi connectivity index (χ1v) is 15.4. The van der Waals surface area contributed by atoms with Gasteiger partial charge in [0, 0.05) is 25.3 Å². The van der Waals surface area contributed by atoms with E-state index in [1.54, 1.807) is 43.3 Å². The number of nitrogens with zero attached hydrogens (tertiary/aromatic N) is 2. The zero-order valence-corrected chi connectivity index (χ0v) is 26.5. The lowest BCUT2D eigenvalue weighted by Gasteiger charge is -2.18. The summed E-state index contributed by atoms with van der Waals surface area (Å²) in [5, 5.41) is 3.90. The van der Waals surface area contributed by atoms with Crippen LogP contribution in [0.1, 0.15) is 16.7 Å². The van der Waals surface area contributed by atoms with E-state index in [9.17, 15) is 21.6 Å². The molecule has 12 nitrogen and oxygen atoms in total. The summed E-state index contributed by atoms with van der Waals surface area (Å²) in [6.07, 6.45) is -5.50. The molecule has 47 heavy (non-hydrogen) atoms. The molecule has 0 fully saturated rings. The van der Waals surface area contributed by atoms with Gasteiger partial charge in [0.15, 0.2) is 6.29 Å². The van der Waals surface area contributed by atoms with Crippen LogP contribution in [0, 0.1) is 6.92 Å². The average molecular weight is 683 g/mol. The van der Waals surface area contributed by atoms with Gasteiger partial charge in [-0.2, -0.15) is 26.6 Å². The molecule has 0 spiro atoms. The van der Waals surface area contributed by atoms with E-state index in [0.29, 0.717) is 5.56 Å². The summed E-state index contributed by atoms with van der Waals surface area (Å²) in [6, 6.07) is 16.1. The second-order valence-corrected chi connectivity index (χ2v) is 11.5. The van der Waals surface area contributed by atoms with Gasteiger partial charge < -0.3 is 32.9 Å². The van der Waals surface area contributed by atoms with E-state index in [1.807, 2.05) is 0 Å². The number of hydrogen-bond acceptors (Lipinski definition) is 12. The highest BCUT2D eigenvalue weighted by Gasteiger charge is 2.35. The SMILES string of the molecule is COCOCC(OCOC)OCc1ccc(-c2noc(-c3ccc(OCCOS(=O)(=O)c4ccc(C)cc4)c(C(F)(F)F)c3)n2)cc1. The van der Waals surface area contributed by atoms with E-state index >= 15 is 0 Å². The molecule has 1 unspecified atom stereocenters. The molecule has 0 saturated heterocycles. The maximum absolute atomic E-state index is 13.9. The number of benzene rings is 3. The standard InChI is InChI=1S/C31H33F3N2O10S/c1-21-4-11-25(12-5-21)47(37,38)45-15-14-42-27-13-10-24(16-26(27)31(32,33)34)30-35-29(36-46-30)23-8-6-22(7-9-23)17-43-28(44-20-40-3)18-41-19-39-2/h4-13,16,28H,14-15,17-20H2,1-3H3. The molecule has 4 aromatic rings. The molecule has 0 bridgehead atoms. The highest BCUT2D eigenvalue weighted by atomic mass is 32.2. The molecular weight excluding hydrogens is 649 g/mol. The molecular formula is C31H33F3N2O10S. The predicted molar refractivity (Wildman–Crippen MR) is 159 cm³/mol. The average Bonchev–Trinajstić information content (AvgIpc) is 3.55. The van der Waals surface area contributed by atoms with Gasteiger partial charge >= 0.3 is 6.18 Å². The first kappa shape index (κ1) is 35.9. The number of alkyl halides is 3. The van der Waals surface area contributed by atoms with Gasteiger partial charge in [-0.05, 0) is 42.8 Å². The molecule has 0 amide bonds. The van der Waals surface area contributed by atoms with Crippen LogP contribution < -0.4 is 4.74 Å². The molecule has 0 aliphatic heterocycles. The van der Waals surface area contributed by atoms with Crippen molar-refractivity contribution in [3.8, 4) is 28.6 Å². The molecule has 254 valence electrons. The third-order valence-corrected chi connectivity index (χ3v) is 7.65. The number of ether oxygens (including phenoxy) is 6. The van der Waals surface area contributed by atoms with Gasteiger partial charge in [-0.3, -0.25) is 4.18 Å². The Labute approximate surface area is 269 Å². The Kier molecular flexibility index (Phi) is 12.8. The fraction of sp³-hybridized carbons (Fsp3) is 0.355. The zero-order chi connectivity index (χ0) is 33.9. The minimum absolute atomic E-state index is 0.00411. The summed E-state index contributed by atoms with van der Waals surface area (Å²) in [5.74, 6) is -0.510. The Morgan fingerprint density at radius 1 is 0.872 bits per heavy atom. The second-order valence-electron chi connectivity index (χ2n) is 9.86. The molecule has 1 heterocycles. The lowest BCUT2D eigenvalue weighted by atomic mass is 10.1. The summed E-state index contributed by atoms with van der Waals surface area (Å²) in [7, 11) is -1.12. The van der Waals surface area contributed by atoms with Gasteiger partial charge in [0.1, 0.15) is 39.2 Å². The molecule has 16 heteroatoms. The van der Waals surface area contributed by atoms with Gasteiger partial charge in [-0.25, -0.2) is 0 Å². The molecule has 0 aliphatic rings. The molecule has 0 saturated carbocycles. The molecule has 4 rings (SSSR count). The monoisotopic (exact) mass is 682 g/mol.